The van der Waals surface area contributed by atoms with Crippen LogP contribution in [0.4, 0.5) is 5.69 Å². The standard InChI is InChI=1S/C21H22N2O5S2/c24-30(25)12-17-18(13-30)23(15-7-8-19-20(11-15)28-14-27-19)21(22-17)29-10-4-9-26-16-5-2-1-3-6-16/h1-3,5-8,11,17-18H,4,9-10,12-14H2/t17-,18+/m0/s1. The van der Waals surface area contributed by atoms with Gasteiger partial charge in [-0.1, -0.05) is 30.0 Å². The quantitative estimate of drug-likeness (QED) is 0.632. The highest BCUT2D eigenvalue weighted by atomic mass is 32.2. The van der Waals surface area contributed by atoms with E-state index < -0.39 is 9.84 Å². The molecule has 2 atom stereocenters. The van der Waals surface area contributed by atoms with Gasteiger partial charge in [-0.2, -0.15) is 0 Å². The molecule has 9 heteroatoms. The van der Waals surface area contributed by atoms with Crippen molar-refractivity contribution in [2.45, 2.75) is 18.5 Å². The minimum absolute atomic E-state index is 0.111. The van der Waals surface area contributed by atoms with E-state index in [1.165, 1.54) is 0 Å². The van der Waals surface area contributed by atoms with Crippen molar-refractivity contribution < 1.29 is 22.6 Å². The summed E-state index contributed by atoms with van der Waals surface area (Å²) in [6.07, 6.45) is 0.862. The van der Waals surface area contributed by atoms with Gasteiger partial charge in [-0.25, -0.2) is 8.42 Å². The monoisotopic (exact) mass is 446 g/mol. The average molecular weight is 447 g/mol. The Kier molecular flexibility index (Phi) is 5.24. The molecule has 0 saturated carbocycles. The molecule has 0 aliphatic carbocycles. The molecule has 158 valence electrons. The van der Waals surface area contributed by atoms with Gasteiger partial charge in [0.05, 0.1) is 30.2 Å². The van der Waals surface area contributed by atoms with Crippen molar-refractivity contribution in [2.75, 3.05) is 35.6 Å². The van der Waals surface area contributed by atoms with E-state index in [1.807, 2.05) is 48.5 Å². The first-order valence-corrected chi connectivity index (χ1v) is 12.7. The van der Waals surface area contributed by atoms with Crippen LogP contribution in [0.2, 0.25) is 0 Å². The highest BCUT2D eigenvalue weighted by molar-refractivity contribution is 8.14. The number of ether oxygens (including phenoxy) is 3. The molecule has 0 unspecified atom stereocenters. The lowest BCUT2D eigenvalue weighted by Crippen LogP contribution is -2.39. The fourth-order valence-corrected chi connectivity index (χ4v) is 6.78. The van der Waals surface area contributed by atoms with Gasteiger partial charge in [0.15, 0.2) is 26.5 Å². The third-order valence-electron chi connectivity index (χ3n) is 5.27. The lowest BCUT2D eigenvalue weighted by Gasteiger charge is -2.26. The molecule has 0 radical (unpaired) electrons. The minimum atomic E-state index is -3.08. The number of fused-ring (bicyclic) bond motifs is 2. The second-order valence-corrected chi connectivity index (χ2v) is 10.6. The van der Waals surface area contributed by atoms with Crippen LogP contribution in [-0.4, -0.2) is 56.3 Å². The zero-order valence-corrected chi connectivity index (χ0v) is 17.9. The molecule has 1 fully saturated rings. The topological polar surface area (TPSA) is 77.4 Å². The Balaban J connectivity index is 1.27. The van der Waals surface area contributed by atoms with E-state index in [-0.39, 0.29) is 30.4 Å². The van der Waals surface area contributed by atoms with Crippen molar-refractivity contribution in [3.8, 4) is 17.2 Å². The SMILES string of the molecule is O=S1(=O)C[C@@H]2N=C(SCCCOc3ccccc3)N(c3ccc4c(c3)OCO4)[C@@H]2C1. The summed E-state index contributed by atoms with van der Waals surface area (Å²) < 4.78 is 41.0. The Morgan fingerprint density at radius 2 is 1.93 bits per heavy atom. The number of thioether (sulfide) groups is 1. The summed E-state index contributed by atoms with van der Waals surface area (Å²) in [4.78, 5) is 6.82. The Bertz CT molecular complexity index is 1060. The fourth-order valence-electron chi connectivity index (χ4n) is 3.90. The van der Waals surface area contributed by atoms with Crippen LogP contribution in [0, 0.1) is 0 Å². The van der Waals surface area contributed by atoms with Crippen LogP contribution in [-0.2, 0) is 9.84 Å². The van der Waals surface area contributed by atoms with E-state index in [0.29, 0.717) is 18.1 Å². The van der Waals surface area contributed by atoms with Crippen LogP contribution in [0.15, 0.2) is 53.5 Å². The molecule has 0 N–H and O–H groups in total. The number of aliphatic imine (C=N–C) groups is 1. The van der Waals surface area contributed by atoms with Crippen LogP contribution in [0.25, 0.3) is 0 Å². The Morgan fingerprint density at radius 3 is 2.80 bits per heavy atom. The normalized spacial score (nSPS) is 23.3. The third-order valence-corrected chi connectivity index (χ3v) is 8.03. The smallest absolute Gasteiger partial charge is 0.231 e. The molecule has 1 saturated heterocycles. The molecule has 2 aromatic carbocycles. The predicted molar refractivity (Wildman–Crippen MR) is 118 cm³/mol. The second kappa shape index (κ2) is 8.03. The molecule has 3 heterocycles. The number of rotatable bonds is 6. The summed E-state index contributed by atoms with van der Waals surface area (Å²) >= 11 is 1.64. The van der Waals surface area contributed by atoms with Gasteiger partial charge >= 0.3 is 0 Å². The highest BCUT2D eigenvalue weighted by Gasteiger charge is 2.47. The number of sulfone groups is 1. The molecule has 30 heavy (non-hydrogen) atoms. The van der Waals surface area contributed by atoms with E-state index in [9.17, 15) is 8.42 Å². The molecule has 0 aromatic heterocycles. The van der Waals surface area contributed by atoms with Gasteiger partial charge in [-0.3, -0.25) is 4.99 Å². The predicted octanol–water partition coefficient (Wildman–Crippen LogP) is 2.96. The van der Waals surface area contributed by atoms with Crippen LogP contribution < -0.4 is 19.1 Å². The van der Waals surface area contributed by atoms with Crippen LogP contribution in [0.1, 0.15) is 6.42 Å². The van der Waals surface area contributed by atoms with Crippen LogP contribution in [0.5, 0.6) is 17.2 Å². The highest BCUT2D eigenvalue weighted by Crippen LogP contribution is 2.40. The zero-order valence-electron chi connectivity index (χ0n) is 16.3. The molecule has 0 amide bonds. The molecule has 5 rings (SSSR count). The van der Waals surface area contributed by atoms with Gasteiger partial charge in [-0.05, 0) is 30.7 Å². The van der Waals surface area contributed by atoms with Crippen molar-refractivity contribution in [1.29, 1.82) is 0 Å². The molecular formula is C21H22N2O5S2. The largest absolute Gasteiger partial charge is 0.494 e. The first kappa shape index (κ1) is 19.6. The zero-order chi connectivity index (χ0) is 20.6. The summed E-state index contributed by atoms with van der Waals surface area (Å²) in [6.45, 7) is 0.825. The number of hydrogen-bond acceptors (Lipinski definition) is 8. The molecule has 7 nitrogen and oxygen atoms in total. The van der Waals surface area contributed by atoms with Crippen molar-refractivity contribution in [3.63, 3.8) is 0 Å². The Hall–Kier alpha value is -2.39. The van der Waals surface area contributed by atoms with Crippen LogP contribution >= 0.6 is 11.8 Å². The summed E-state index contributed by atoms with van der Waals surface area (Å²) in [7, 11) is -3.08. The molecule has 3 aliphatic rings. The number of nitrogens with zero attached hydrogens (tertiary/aromatic N) is 2. The van der Waals surface area contributed by atoms with Gasteiger partial charge < -0.3 is 19.1 Å². The average Bonchev–Trinajstić information content (AvgIpc) is 3.39. The molecule has 3 aliphatic heterocycles. The van der Waals surface area contributed by atoms with Crippen molar-refractivity contribution in [1.82, 2.24) is 0 Å². The van der Waals surface area contributed by atoms with Gasteiger partial charge in [0.25, 0.3) is 0 Å². The van der Waals surface area contributed by atoms with Gasteiger partial charge in [0.2, 0.25) is 6.79 Å². The molecule has 0 spiro atoms. The lowest BCUT2D eigenvalue weighted by atomic mass is 10.1. The number of benzene rings is 2. The maximum atomic E-state index is 12.2. The summed E-state index contributed by atoms with van der Waals surface area (Å²) in [5.74, 6) is 3.31. The molecule has 2 aromatic rings. The maximum absolute atomic E-state index is 12.2. The number of para-hydroxylation sites is 1. The van der Waals surface area contributed by atoms with Crippen molar-refractivity contribution in [3.05, 3.63) is 48.5 Å². The molecule has 0 bridgehead atoms. The summed E-state index contributed by atoms with van der Waals surface area (Å²) in [5, 5.41) is 0.860. The molecular weight excluding hydrogens is 424 g/mol. The van der Waals surface area contributed by atoms with E-state index in [4.69, 9.17) is 19.2 Å². The lowest BCUT2D eigenvalue weighted by molar-refractivity contribution is 0.174. The minimum Gasteiger partial charge on any atom is -0.494 e. The van der Waals surface area contributed by atoms with Gasteiger partial charge in [-0.15, -0.1) is 0 Å². The second-order valence-electron chi connectivity index (χ2n) is 7.39. The van der Waals surface area contributed by atoms with E-state index in [0.717, 1.165) is 28.8 Å². The van der Waals surface area contributed by atoms with Gasteiger partial charge in [0, 0.05) is 17.5 Å². The summed E-state index contributed by atoms with van der Waals surface area (Å²) in [5.41, 5.74) is 0.885. The summed E-state index contributed by atoms with van der Waals surface area (Å²) in [6, 6.07) is 15.1. The van der Waals surface area contributed by atoms with E-state index in [2.05, 4.69) is 4.90 Å². The number of amidine groups is 1. The fraction of sp³-hybridized carbons (Fsp3) is 0.381. The van der Waals surface area contributed by atoms with E-state index in [1.54, 1.807) is 11.8 Å². The number of anilines is 1. The van der Waals surface area contributed by atoms with Crippen molar-refractivity contribution in [2.24, 2.45) is 4.99 Å². The number of hydrogen-bond donors (Lipinski definition) is 0. The first-order valence-electron chi connectivity index (χ1n) is 9.87. The van der Waals surface area contributed by atoms with Gasteiger partial charge in [0.1, 0.15) is 5.75 Å². The maximum Gasteiger partial charge on any atom is 0.231 e. The first-order chi connectivity index (χ1) is 14.6. The Labute approximate surface area is 179 Å². The van der Waals surface area contributed by atoms with Crippen molar-refractivity contribution >= 4 is 32.5 Å². The van der Waals surface area contributed by atoms with Crippen LogP contribution in [0.3, 0.4) is 0 Å². The third kappa shape index (κ3) is 3.96. The Morgan fingerprint density at radius 1 is 1.10 bits per heavy atom. The van der Waals surface area contributed by atoms with E-state index >= 15 is 0 Å².